The van der Waals surface area contributed by atoms with Crippen LogP contribution in [0.4, 0.5) is 0 Å². The van der Waals surface area contributed by atoms with Crippen LogP contribution in [0.3, 0.4) is 0 Å². The van der Waals surface area contributed by atoms with Crippen LogP contribution >= 0.6 is 0 Å². The molecule has 0 aromatic heterocycles. The molecule has 5 nitrogen and oxygen atoms in total. The lowest BCUT2D eigenvalue weighted by molar-refractivity contribution is -0.137. The summed E-state index contributed by atoms with van der Waals surface area (Å²) in [4.78, 5) is 25.5. The number of unbranched alkanes of at least 4 members (excludes halogenated alkanes) is 1. The van der Waals surface area contributed by atoms with E-state index < -0.39 is 0 Å². The second-order valence-electron chi connectivity index (χ2n) is 7.12. The minimum absolute atomic E-state index is 0.0781. The van der Waals surface area contributed by atoms with Crippen molar-refractivity contribution in [2.45, 2.75) is 65.7 Å². The van der Waals surface area contributed by atoms with Crippen LogP contribution in [0.25, 0.3) is 0 Å². The van der Waals surface area contributed by atoms with Crippen molar-refractivity contribution in [2.24, 2.45) is 23.6 Å². The van der Waals surface area contributed by atoms with Gasteiger partial charge in [0.15, 0.2) is 0 Å². The van der Waals surface area contributed by atoms with Gasteiger partial charge in [0.25, 0.3) is 0 Å². The minimum atomic E-state index is -0.355. The Hall–Kier alpha value is -1.10. The summed E-state index contributed by atoms with van der Waals surface area (Å²) in [7, 11) is 0. The van der Waals surface area contributed by atoms with E-state index in [1.54, 1.807) is 6.92 Å². The van der Waals surface area contributed by atoms with Crippen LogP contribution in [0.2, 0.25) is 0 Å². The van der Waals surface area contributed by atoms with E-state index in [1.165, 1.54) is 25.7 Å². The van der Waals surface area contributed by atoms with Gasteiger partial charge in [-0.1, -0.05) is 46.5 Å². The maximum absolute atomic E-state index is 12.2. The molecule has 1 heterocycles. The lowest BCUT2D eigenvalue weighted by atomic mass is 9.90. The molecular formula is C17H33N3O2. The first-order valence-corrected chi connectivity index (χ1v) is 8.72. The number of amides is 2. The number of carbonyl (C=O) groups is 2. The molecule has 0 saturated carbocycles. The Bertz CT molecular complexity index is 350. The first-order chi connectivity index (χ1) is 10.4. The van der Waals surface area contributed by atoms with Gasteiger partial charge >= 0.3 is 0 Å². The Morgan fingerprint density at radius 3 is 2.36 bits per heavy atom. The molecule has 1 fully saturated rings. The molecule has 1 aliphatic rings. The molecule has 1 saturated heterocycles. The topological polar surface area (TPSA) is 75.4 Å². The zero-order valence-electron chi connectivity index (χ0n) is 14.4. The number of hydrazine groups is 1. The van der Waals surface area contributed by atoms with Crippen LogP contribution in [-0.4, -0.2) is 29.8 Å². The molecule has 0 aliphatic carbocycles. The molecule has 128 valence electrons. The van der Waals surface area contributed by atoms with E-state index in [0.717, 1.165) is 37.8 Å². The number of nitrogens with one attached hydrogen (secondary N) is 1. The number of nitrogens with two attached hydrogens (primary N) is 1. The molecule has 1 atom stereocenters. The average Bonchev–Trinajstić information content (AvgIpc) is 2.51. The van der Waals surface area contributed by atoms with Gasteiger partial charge in [-0.15, -0.1) is 0 Å². The van der Waals surface area contributed by atoms with Crippen molar-refractivity contribution in [1.82, 2.24) is 10.3 Å². The molecule has 1 rings (SSSR count). The third-order valence-corrected chi connectivity index (χ3v) is 4.68. The highest BCUT2D eigenvalue weighted by Crippen LogP contribution is 2.24. The highest BCUT2D eigenvalue weighted by molar-refractivity contribution is 5.85. The molecule has 0 aromatic carbocycles. The van der Waals surface area contributed by atoms with Gasteiger partial charge in [0.05, 0.1) is 0 Å². The van der Waals surface area contributed by atoms with Crippen molar-refractivity contribution in [3.8, 4) is 0 Å². The molecule has 22 heavy (non-hydrogen) atoms. The number of carbonyl (C=O) groups excluding carboxylic acids is 2. The van der Waals surface area contributed by atoms with E-state index >= 15 is 0 Å². The zero-order valence-corrected chi connectivity index (χ0v) is 14.4. The van der Waals surface area contributed by atoms with E-state index in [0.29, 0.717) is 0 Å². The van der Waals surface area contributed by atoms with Crippen molar-refractivity contribution < 1.29 is 9.59 Å². The Labute approximate surface area is 135 Å². The molecule has 0 spiro atoms. The lowest BCUT2D eigenvalue weighted by Gasteiger charge is -2.32. The van der Waals surface area contributed by atoms with Gasteiger partial charge in [-0.2, -0.15) is 0 Å². The molecule has 0 radical (unpaired) electrons. The Morgan fingerprint density at radius 1 is 1.18 bits per heavy atom. The Balaban J connectivity index is 2.21. The Morgan fingerprint density at radius 2 is 1.82 bits per heavy atom. The normalized spacial score (nSPS) is 17.6. The maximum Gasteiger partial charge on any atom is 0.237 e. The molecule has 0 aromatic rings. The van der Waals surface area contributed by atoms with Crippen molar-refractivity contribution in [2.75, 3.05) is 13.1 Å². The first kappa shape index (κ1) is 18.9. The number of hydrogen-bond donors (Lipinski definition) is 2. The van der Waals surface area contributed by atoms with Crippen LogP contribution in [-0.2, 0) is 9.59 Å². The third-order valence-electron chi connectivity index (χ3n) is 4.68. The standard InChI is InChI=1S/C17H33N3O2/c1-13(2)6-4-5-7-15-8-10-20(11-9-15)16(21)12-14(3)17(22)19-18/h13-15H,4-12,18H2,1-3H3,(H,19,22). The molecular weight excluding hydrogens is 278 g/mol. The van der Waals surface area contributed by atoms with Crippen molar-refractivity contribution in [3.63, 3.8) is 0 Å². The quantitative estimate of drug-likeness (QED) is 0.313. The van der Waals surface area contributed by atoms with Gasteiger partial charge in [0.1, 0.15) is 0 Å². The zero-order chi connectivity index (χ0) is 16.5. The van der Waals surface area contributed by atoms with E-state index in [4.69, 9.17) is 5.84 Å². The van der Waals surface area contributed by atoms with Crippen LogP contribution in [0.1, 0.15) is 65.7 Å². The van der Waals surface area contributed by atoms with Crippen LogP contribution in [0.15, 0.2) is 0 Å². The van der Waals surface area contributed by atoms with E-state index in [9.17, 15) is 9.59 Å². The van der Waals surface area contributed by atoms with Crippen LogP contribution < -0.4 is 11.3 Å². The van der Waals surface area contributed by atoms with Gasteiger partial charge in [0, 0.05) is 25.4 Å². The SMILES string of the molecule is CC(C)CCCCC1CCN(C(=O)CC(C)C(=O)NN)CC1. The molecule has 3 N–H and O–H groups in total. The van der Waals surface area contributed by atoms with E-state index in [2.05, 4.69) is 19.3 Å². The van der Waals surface area contributed by atoms with Crippen molar-refractivity contribution in [1.29, 1.82) is 0 Å². The monoisotopic (exact) mass is 311 g/mol. The molecule has 5 heteroatoms. The summed E-state index contributed by atoms with van der Waals surface area (Å²) in [5.41, 5.74) is 2.11. The summed E-state index contributed by atoms with van der Waals surface area (Å²) < 4.78 is 0. The predicted molar refractivity (Wildman–Crippen MR) is 88.7 cm³/mol. The summed E-state index contributed by atoms with van der Waals surface area (Å²) in [6.45, 7) is 7.96. The summed E-state index contributed by atoms with van der Waals surface area (Å²) >= 11 is 0. The second-order valence-corrected chi connectivity index (χ2v) is 7.12. The summed E-state index contributed by atoms with van der Waals surface area (Å²) in [6, 6.07) is 0. The van der Waals surface area contributed by atoms with Crippen molar-refractivity contribution >= 4 is 11.8 Å². The van der Waals surface area contributed by atoms with Gasteiger partial charge in [-0.25, -0.2) is 5.84 Å². The fraction of sp³-hybridized carbons (Fsp3) is 0.882. The predicted octanol–water partition coefficient (Wildman–Crippen LogP) is 2.46. The number of rotatable bonds is 8. The number of nitrogens with zero attached hydrogens (tertiary/aromatic N) is 1. The summed E-state index contributed by atoms with van der Waals surface area (Å²) in [6.07, 6.45) is 7.70. The average molecular weight is 311 g/mol. The van der Waals surface area contributed by atoms with E-state index in [1.807, 2.05) is 4.90 Å². The lowest BCUT2D eigenvalue weighted by Crippen LogP contribution is -2.41. The first-order valence-electron chi connectivity index (χ1n) is 8.72. The largest absolute Gasteiger partial charge is 0.343 e. The fourth-order valence-corrected chi connectivity index (χ4v) is 3.08. The molecule has 2 amide bonds. The highest BCUT2D eigenvalue weighted by Gasteiger charge is 2.25. The third kappa shape index (κ3) is 6.77. The van der Waals surface area contributed by atoms with Gasteiger partial charge in [-0.3, -0.25) is 15.0 Å². The number of likely N-dealkylation sites (tertiary alicyclic amines) is 1. The molecule has 0 bridgehead atoms. The summed E-state index contributed by atoms with van der Waals surface area (Å²) in [5.74, 6) is 6.11. The highest BCUT2D eigenvalue weighted by atomic mass is 16.2. The van der Waals surface area contributed by atoms with Gasteiger partial charge < -0.3 is 4.90 Å². The van der Waals surface area contributed by atoms with Gasteiger partial charge in [0.2, 0.25) is 11.8 Å². The van der Waals surface area contributed by atoms with E-state index in [-0.39, 0.29) is 24.2 Å². The summed E-state index contributed by atoms with van der Waals surface area (Å²) in [5, 5.41) is 0. The second kappa shape index (κ2) is 9.82. The smallest absolute Gasteiger partial charge is 0.237 e. The van der Waals surface area contributed by atoms with Crippen LogP contribution in [0.5, 0.6) is 0 Å². The molecule has 1 aliphatic heterocycles. The maximum atomic E-state index is 12.2. The fourth-order valence-electron chi connectivity index (χ4n) is 3.08. The number of hydrogen-bond acceptors (Lipinski definition) is 3. The minimum Gasteiger partial charge on any atom is -0.343 e. The van der Waals surface area contributed by atoms with Gasteiger partial charge in [-0.05, 0) is 24.7 Å². The van der Waals surface area contributed by atoms with Crippen LogP contribution in [0, 0.1) is 17.8 Å². The number of piperidine rings is 1. The molecule has 1 unspecified atom stereocenters. The van der Waals surface area contributed by atoms with Crippen molar-refractivity contribution in [3.05, 3.63) is 0 Å². The Kier molecular flexibility index (Phi) is 8.46.